The Bertz CT molecular complexity index is 1030. The summed E-state index contributed by atoms with van der Waals surface area (Å²) in [7, 11) is -3.83. The standard InChI is InChI=1S/C17H15ClN2O4S/c18-11-5-7-12(8-6-11)25(23,24)20-17-14(9-10-16(21)22)13-3-1-2-4-15(13)19-17/h1-8,19-20H,9-10H2,(H,21,22). The lowest BCUT2D eigenvalue weighted by Gasteiger charge is -2.09. The predicted molar refractivity (Wildman–Crippen MR) is 96.5 cm³/mol. The third-order valence-electron chi connectivity index (χ3n) is 3.76. The maximum atomic E-state index is 12.6. The number of H-pyrrole nitrogens is 1. The second-order valence-electron chi connectivity index (χ2n) is 5.48. The van der Waals surface area contributed by atoms with Gasteiger partial charge in [0.25, 0.3) is 10.0 Å². The molecule has 8 heteroatoms. The summed E-state index contributed by atoms with van der Waals surface area (Å²) in [6, 6.07) is 13.1. The highest BCUT2D eigenvalue weighted by Gasteiger charge is 2.19. The molecule has 2 aromatic carbocycles. The molecule has 3 aromatic rings. The number of fused-ring (bicyclic) bond motifs is 1. The minimum atomic E-state index is -3.83. The minimum absolute atomic E-state index is 0.0692. The molecule has 3 N–H and O–H groups in total. The average molecular weight is 379 g/mol. The number of halogens is 1. The number of aromatic amines is 1. The van der Waals surface area contributed by atoms with E-state index in [1.165, 1.54) is 24.3 Å². The van der Waals surface area contributed by atoms with Crippen molar-refractivity contribution in [1.29, 1.82) is 0 Å². The Balaban J connectivity index is 2.01. The lowest BCUT2D eigenvalue weighted by molar-refractivity contribution is -0.136. The summed E-state index contributed by atoms with van der Waals surface area (Å²) in [5, 5.41) is 10.2. The number of aliphatic carboxylic acids is 1. The number of para-hydroxylation sites is 1. The number of nitrogens with one attached hydrogen (secondary N) is 2. The highest BCUT2D eigenvalue weighted by atomic mass is 35.5. The first-order valence-corrected chi connectivity index (χ1v) is 9.33. The van der Waals surface area contributed by atoms with Gasteiger partial charge in [-0.3, -0.25) is 9.52 Å². The van der Waals surface area contributed by atoms with Crippen LogP contribution < -0.4 is 4.72 Å². The van der Waals surface area contributed by atoms with Gasteiger partial charge in [-0.2, -0.15) is 0 Å². The number of aromatic nitrogens is 1. The van der Waals surface area contributed by atoms with Crippen LogP contribution in [0, 0.1) is 0 Å². The van der Waals surface area contributed by atoms with Crippen molar-refractivity contribution in [3.63, 3.8) is 0 Å². The molecule has 1 aromatic heterocycles. The van der Waals surface area contributed by atoms with Crippen LogP contribution >= 0.6 is 11.6 Å². The number of sulfonamides is 1. The smallest absolute Gasteiger partial charge is 0.303 e. The van der Waals surface area contributed by atoms with E-state index < -0.39 is 16.0 Å². The van der Waals surface area contributed by atoms with Crippen molar-refractivity contribution in [2.75, 3.05) is 4.72 Å². The van der Waals surface area contributed by atoms with Gasteiger partial charge in [-0.25, -0.2) is 8.42 Å². The summed E-state index contributed by atoms with van der Waals surface area (Å²) in [6.45, 7) is 0. The zero-order chi connectivity index (χ0) is 18.0. The van der Waals surface area contributed by atoms with Crippen molar-refractivity contribution < 1.29 is 18.3 Å². The predicted octanol–water partition coefficient (Wildman–Crippen LogP) is 3.64. The number of hydrogen-bond donors (Lipinski definition) is 3. The van der Waals surface area contributed by atoms with Gasteiger partial charge in [0.05, 0.1) is 4.90 Å². The topological polar surface area (TPSA) is 99.3 Å². The van der Waals surface area contributed by atoms with Gasteiger partial charge in [0, 0.05) is 27.9 Å². The highest BCUT2D eigenvalue weighted by molar-refractivity contribution is 7.92. The van der Waals surface area contributed by atoms with Gasteiger partial charge >= 0.3 is 5.97 Å². The summed E-state index contributed by atoms with van der Waals surface area (Å²) in [4.78, 5) is 14.0. The van der Waals surface area contributed by atoms with Crippen molar-refractivity contribution in [2.45, 2.75) is 17.7 Å². The minimum Gasteiger partial charge on any atom is -0.481 e. The molecule has 25 heavy (non-hydrogen) atoms. The van der Waals surface area contributed by atoms with Crippen molar-refractivity contribution in [3.05, 3.63) is 59.1 Å². The molecule has 6 nitrogen and oxygen atoms in total. The van der Waals surface area contributed by atoms with E-state index in [2.05, 4.69) is 9.71 Å². The molecule has 130 valence electrons. The van der Waals surface area contributed by atoms with Gasteiger partial charge in [-0.1, -0.05) is 29.8 Å². The zero-order valence-corrected chi connectivity index (χ0v) is 14.6. The largest absolute Gasteiger partial charge is 0.481 e. The van der Waals surface area contributed by atoms with E-state index in [0.717, 1.165) is 10.9 Å². The molecule has 0 atom stereocenters. The molecular formula is C17H15ClN2O4S. The number of benzene rings is 2. The van der Waals surface area contributed by atoms with Crippen LogP contribution in [0.25, 0.3) is 10.9 Å². The number of aryl methyl sites for hydroxylation is 1. The van der Waals surface area contributed by atoms with Crippen LogP contribution in [0.3, 0.4) is 0 Å². The number of carboxylic acid groups (broad SMARTS) is 1. The van der Waals surface area contributed by atoms with Crippen LogP contribution in [0.5, 0.6) is 0 Å². The van der Waals surface area contributed by atoms with E-state index in [1.807, 2.05) is 18.2 Å². The first-order chi connectivity index (χ1) is 11.9. The van der Waals surface area contributed by atoms with E-state index in [9.17, 15) is 13.2 Å². The summed E-state index contributed by atoms with van der Waals surface area (Å²) in [5.41, 5.74) is 1.35. The summed E-state index contributed by atoms with van der Waals surface area (Å²) in [5.74, 6) is -0.672. The van der Waals surface area contributed by atoms with Crippen LogP contribution in [0.15, 0.2) is 53.4 Å². The van der Waals surface area contributed by atoms with Gasteiger partial charge in [-0.05, 0) is 36.8 Å². The van der Waals surface area contributed by atoms with Crippen LogP contribution in [0.4, 0.5) is 5.82 Å². The molecule has 0 saturated carbocycles. The number of hydrogen-bond acceptors (Lipinski definition) is 3. The fourth-order valence-corrected chi connectivity index (χ4v) is 3.77. The maximum absolute atomic E-state index is 12.6. The van der Waals surface area contributed by atoms with E-state index in [4.69, 9.17) is 16.7 Å². The van der Waals surface area contributed by atoms with Crippen LogP contribution in [0.1, 0.15) is 12.0 Å². The Hall–Kier alpha value is -2.51. The normalized spacial score (nSPS) is 11.6. The van der Waals surface area contributed by atoms with Crippen LogP contribution in [0.2, 0.25) is 5.02 Å². The van der Waals surface area contributed by atoms with Gasteiger partial charge in [0.2, 0.25) is 0 Å². The van der Waals surface area contributed by atoms with Gasteiger partial charge < -0.3 is 10.1 Å². The Morgan fingerprint density at radius 2 is 1.80 bits per heavy atom. The highest BCUT2D eigenvalue weighted by Crippen LogP contribution is 2.29. The zero-order valence-electron chi connectivity index (χ0n) is 13.0. The molecule has 0 aliphatic carbocycles. The number of carboxylic acids is 1. The monoisotopic (exact) mass is 378 g/mol. The molecule has 0 unspecified atom stereocenters. The van der Waals surface area contributed by atoms with E-state index in [1.54, 1.807) is 6.07 Å². The first kappa shape index (κ1) is 17.3. The SMILES string of the molecule is O=C(O)CCc1c(NS(=O)(=O)c2ccc(Cl)cc2)[nH]c2ccccc12. The van der Waals surface area contributed by atoms with Gasteiger partial charge in [0.15, 0.2) is 0 Å². The van der Waals surface area contributed by atoms with Crippen molar-refractivity contribution in [1.82, 2.24) is 4.98 Å². The summed E-state index contributed by atoms with van der Waals surface area (Å²) >= 11 is 5.79. The van der Waals surface area contributed by atoms with E-state index >= 15 is 0 Å². The maximum Gasteiger partial charge on any atom is 0.303 e. The van der Waals surface area contributed by atoms with Crippen molar-refractivity contribution in [2.24, 2.45) is 0 Å². The van der Waals surface area contributed by atoms with Gasteiger partial charge in [-0.15, -0.1) is 0 Å². The molecule has 3 rings (SSSR count). The Labute approximate surface area is 149 Å². The van der Waals surface area contributed by atoms with Crippen molar-refractivity contribution in [3.8, 4) is 0 Å². The number of rotatable bonds is 6. The summed E-state index contributed by atoms with van der Waals surface area (Å²) < 4.78 is 27.7. The molecule has 0 saturated heterocycles. The fraction of sp³-hybridized carbons (Fsp3) is 0.118. The van der Waals surface area contributed by atoms with E-state index in [-0.39, 0.29) is 23.6 Å². The van der Waals surface area contributed by atoms with Gasteiger partial charge in [0.1, 0.15) is 5.82 Å². The molecule has 0 radical (unpaired) electrons. The lowest BCUT2D eigenvalue weighted by Crippen LogP contribution is -2.14. The van der Waals surface area contributed by atoms with Crippen molar-refractivity contribution >= 4 is 44.3 Å². The number of anilines is 1. The fourth-order valence-electron chi connectivity index (χ4n) is 2.59. The third-order valence-corrected chi connectivity index (χ3v) is 5.38. The molecule has 0 amide bonds. The number of carbonyl (C=O) groups is 1. The average Bonchev–Trinajstić information content (AvgIpc) is 2.89. The second-order valence-corrected chi connectivity index (χ2v) is 7.60. The first-order valence-electron chi connectivity index (χ1n) is 7.46. The molecular weight excluding hydrogens is 364 g/mol. The second kappa shape index (κ2) is 6.78. The van der Waals surface area contributed by atoms with Crippen LogP contribution in [-0.2, 0) is 21.2 Å². The van der Waals surface area contributed by atoms with E-state index in [0.29, 0.717) is 10.6 Å². The van der Waals surface area contributed by atoms with Crippen LogP contribution in [-0.4, -0.2) is 24.5 Å². The molecule has 0 spiro atoms. The Morgan fingerprint density at radius 1 is 1.12 bits per heavy atom. The quantitative estimate of drug-likeness (QED) is 0.609. The lowest BCUT2D eigenvalue weighted by atomic mass is 10.1. The summed E-state index contributed by atoms with van der Waals surface area (Å²) in [6.07, 6.45) is 0.106. The molecule has 0 aliphatic heterocycles. The Morgan fingerprint density at radius 3 is 2.48 bits per heavy atom. The molecule has 0 fully saturated rings. The molecule has 0 aliphatic rings. The third kappa shape index (κ3) is 3.78. The molecule has 1 heterocycles. The molecule has 0 bridgehead atoms. The Kier molecular flexibility index (Phi) is 4.69.